The number of carboxylic acid groups (broad SMARTS) is 1. The Bertz CT molecular complexity index is 742. The number of nitrogens with zero attached hydrogens (tertiary/aromatic N) is 3. The van der Waals surface area contributed by atoms with Crippen molar-refractivity contribution in [3.05, 3.63) is 44.4 Å². The number of anilines is 1. The number of hydrogen-bond acceptors (Lipinski definition) is 7. The number of nitro groups is 1. The van der Waals surface area contributed by atoms with Crippen LogP contribution in [0.4, 0.5) is 11.4 Å². The number of aryl methyl sites for hydroxylation is 1. The highest BCUT2D eigenvalue weighted by molar-refractivity contribution is 7.08. The van der Waals surface area contributed by atoms with Crippen LogP contribution in [0.25, 0.3) is 0 Å². The molecule has 0 spiro atoms. The van der Waals surface area contributed by atoms with Crippen LogP contribution in [-0.4, -0.2) is 31.5 Å². The summed E-state index contributed by atoms with van der Waals surface area (Å²) in [6.45, 7) is 1.58. The number of carbonyl (C=O) groups excluding carboxylic acids is 1. The van der Waals surface area contributed by atoms with E-state index >= 15 is 0 Å². The van der Waals surface area contributed by atoms with Crippen molar-refractivity contribution in [3.63, 3.8) is 0 Å². The van der Waals surface area contributed by atoms with Gasteiger partial charge in [-0.1, -0.05) is 4.49 Å². The third-order valence-electron chi connectivity index (χ3n) is 2.55. The molecule has 1 aromatic carbocycles. The molecular weight excluding hydrogens is 300 g/mol. The zero-order valence-electron chi connectivity index (χ0n) is 10.6. The highest BCUT2D eigenvalue weighted by Gasteiger charge is 2.21. The molecule has 21 heavy (non-hydrogen) atoms. The third-order valence-corrected chi connectivity index (χ3v) is 3.37. The van der Waals surface area contributed by atoms with E-state index in [4.69, 9.17) is 5.11 Å². The summed E-state index contributed by atoms with van der Waals surface area (Å²) in [4.78, 5) is 33.2. The lowest BCUT2D eigenvalue weighted by atomic mass is 10.1. The van der Waals surface area contributed by atoms with Crippen molar-refractivity contribution in [1.82, 2.24) is 9.59 Å². The number of aromatic nitrogens is 2. The molecule has 1 heterocycles. The minimum atomic E-state index is -1.29. The molecule has 0 unspecified atom stereocenters. The number of carboxylic acids is 1. The zero-order chi connectivity index (χ0) is 15.6. The predicted octanol–water partition coefficient (Wildman–Crippen LogP) is 1.71. The van der Waals surface area contributed by atoms with Gasteiger partial charge in [-0.2, -0.15) is 0 Å². The number of amides is 1. The fourth-order valence-corrected chi connectivity index (χ4v) is 2.09. The predicted molar refractivity (Wildman–Crippen MR) is 72.7 cm³/mol. The maximum atomic E-state index is 12.0. The van der Waals surface area contributed by atoms with Gasteiger partial charge in [0.2, 0.25) is 0 Å². The number of rotatable bonds is 4. The van der Waals surface area contributed by atoms with Gasteiger partial charge in [-0.3, -0.25) is 14.9 Å². The molecule has 0 saturated carbocycles. The molecule has 2 rings (SSSR count). The fourth-order valence-electron chi connectivity index (χ4n) is 1.54. The van der Waals surface area contributed by atoms with Crippen LogP contribution in [0.3, 0.4) is 0 Å². The second kappa shape index (κ2) is 5.63. The van der Waals surface area contributed by atoms with E-state index in [-0.39, 0.29) is 16.1 Å². The minimum Gasteiger partial charge on any atom is -0.478 e. The van der Waals surface area contributed by atoms with Crippen molar-refractivity contribution in [2.45, 2.75) is 6.92 Å². The van der Waals surface area contributed by atoms with E-state index < -0.39 is 22.5 Å². The first kappa shape index (κ1) is 14.5. The monoisotopic (exact) mass is 308 g/mol. The average Bonchev–Trinajstić information content (AvgIpc) is 2.85. The lowest BCUT2D eigenvalue weighted by Gasteiger charge is -2.05. The van der Waals surface area contributed by atoms with Crippen molar-refractivity contribution in [3.8, 4) is 0 Å². The number of nitro benzene ring substituents is 1. The summed E-state index contributed by atoms with van der Waals surface area (Å²) >= 11 is 0.862. The molecule has 0 bridgehead atoms. The molecule has 1 amide bonds. The lowest BCUT2D eigenvalue weighted by molar-refractivity contribution is -0.383. The van der Waals surface area contributed by atoms with Crippen molar-refractivity contribution in [1.29, 1.82) is 0 Å². The van der Waals surface area contributed by atoms with Crippen molar-refractivity contribution in [2.75, 3.05) is 5.32 Å². The first-order chi connectivity index (χ1) is 9.90. The largest absolute Gasteiger partial charge is 0.478 e. The highest BCUT2D eigenvalue weighted by Crippen LogP contribution is 2.26. The molecule has 2 N–H and O–H groups in total. The van der Waals surface area contributed by atoms with Gasteiger partial charge in [-0.15, -0.1) is 5.10 Å². The average molecular weight is 308 g/mol. The highest BCUT2D eigenvalue weighted by atomic mass is 32.1. The smallest absolute Gasteiger partial charge is 0.335 e. The molecule has 108 valence electrons. The molecule has 0 aliphatic carbocycles. The molecule has 0 fully saturated rings. The van der Waals surface area contributed by atoms with Crippen LogP contribution in [-0.2, 0) is 0 Å². The van der Waals surface area contributed by atoms with Crippen LogP contribution >= 0.6 is 11.5 Å². The van der Waals surface area contributed by atoms with Crippen molar-refractivity contribution < 1.29 is 19.6 Å². The summed E-state index contributed by atoms with van der Waals surface area (Å²) in [5.41, 5.74) is -0.432. The summed E-state index contributed by atoms with van der Waals surface area (Å²) in [6.07, 6.45) is 0. The molecule has 9 nitrogen and oxygen atoms in total. The molecule has 10 heteroatoms. The van der Waals surface area contributed by atoms with Gasteiger partial charge in [0.15, 0.2) is 0 Å². The number of benzene rings is 1. The van der Waals surface area contributed by atoms with E-state index in [0.29, 0.717) is 5.69 Å². The van der Waals surface area contributed by atoms with Crippen LogP contribution in [0, 0.1) is 17.0 Å². The number of nitrogens with one attached hydrogen (secondary N) is 1. The van der Waals surface area contributed by atoms with Crippen LogP contribution in [0.1, 0.15) is 25.7 Å². The molecule has 0 aliphatic rings. The Balaban J connectivity index is 2.36. The van der Waals surface area contributed by atoms with Crippen molar-refractivity contribution in [2.24, 2.45) is 0 Å². The minimum absolute atomic E-state index is 0.0946. The first-order valence-corrected chi connectivity index (χ1v) is 6.29. The van der Waals surface area contributed by atoms with E-state index in [1.165, 1.54) is 12.1 Å². The van der Waals surface area contributed by atoms with Crippen LogP contribution in [0.15, 0.2) is 18.2 Å². The maximum absolute atomic E-state index is 12.0. The molecule has 0 radical (unpaired) electrons. The molecule has 0 aliphatic heterocycles. The second-order valence-corrected chi connectivity index (χ2v) is 4.69. The maximum Gasteiger partial charge on any atom is 0.335 e. The van der Waals surface area contributed by atoms with Crippen molar-refractivity contribution >= 4 is 34.8 Å². The van der Waals surface area contributed by atoms with Gasteiger partial charge < -0.3 is 10.4 Å². The molecule has 0 atom stereocenters. The van der Waals surface area contributed by atoms with E-state index in [1.807, 2.05) is 0 Å². The summed E-state index contributed by atoms with van der Waals surface area (Å²) < 4.78 is 3.60. The van der Waals surface area contributed by atoms with Crippen LogP contribution in [0.5, 0.6) is 0 Å². The van der Waals surface area contributed by atoms with E-state index in [0.717, 1.165) is 17.6 Å². The quantitative estimate of drug-likeness (QED) is 0.648. The third kappa shape index (κ3) is 3.00. The standard InChI is InChI=1S/C11H8N4O5S/c1-5-9(21-14-13-5)10(16)12-7-3-2-6(11(17)18)4-8(7)15(19)20/h2-4H,1H3,(H,12,16)(H,17,18). The van der Waals surface area contributed by atoms with Gasteiger partial charge in [0.1, 0.15) is 10.6 Å². The Morgan fingerprint density at radius 3 is 2.67 bits per heavy atom. The van der Waals surface area contributed by atoms with Gasteiger partial charge in [0.05, 0.1) is 16.2 Å². The molecule has 1 aromatic heterocycles. The number of carbonyl (C=O) groups is 2. The van der Waals surface area contributed by atoms with E-state index in [1.54, 1.807) is 6.92 Å². The fraction of sp³-hybridized carbons (Fsp3) is 0.0909. The number of aromatic carboxylic acids is 1. The normalized spacial score (nSPS) is 10.1. The first-order valence-electron chi connectivity index (χ1n) is 5.52. The topological polar surface area (TPSA) is 135 Å². The summed E-state index contributed by atoms with van der Waals surface area (Å²) in [5, 5.41) is 25.8. The Kier molecular flexibility index (Phi) is 3.89. The summed E-state index contributed by atoms with van der Waals surface area (Å²) in [5.74, 6) is -1.88. The molecule has 2 aromatic rings. The Labute approximate surface area is 121 Å². The van der Waals surface area contributed by atoms with Gasteiger partial charge in [0, 0.05) is 6.07 Å². The van der Waals surface area contributed by atoms with Gasteiger partial charge in [0.25, 0.3) is 11.6 Å². The van der Waals surface area contributed by atoms with Gasteiger partial charge >= 0.3 is 5.97 Å². The second-order valence-electron chi connectivity index (χ2n) is 3.94. The lowest BCUT2D eigenvalue weighted by Crippen LogP contribution is -2.13. The SMILES string of the molecule is Cc1nnsc1C(=O)Nc1ccc(C(=O)O)cc1[N+](=O)[O-]. The number of hydrogen-bond donors (Lipinski definition) is 2. The molecule has 0 saturated heterocycles. The van der Waals surface area contributed by atoms with E-state index in [9.17, 15) is 19.7 Å². The van der Waals surface area contributed by atoms with Gasteiger partial charge in [-0.25, -0.2) is 4.79 Å². The zero-order valence-corrected chi connectivity index (χ0v) is 11.4. The van der Waals surface area contributed by atoms with Crippen LogP contribution in [0.2, 0.25) is 0 Å². The summed E-state index contributed by atoms with van der Waals surface area (Å²) in [6, 6.07) is 3.22. The van der Waals surface area contributed by atoms with E-state index in [2.05, 4.69) is 14.9 Å². The van der Waals surface area contributed by atoms with Crippen LogP contribution < -0.4 is 5.32 Å². The Morgan fingerprint density at radius 1 is 1.43 bits per heavy atom. The Hall–Kier alpha value is -2.88. The van der Waals surface area contributed by atoms with Gasteiger partial charge in [-0.05, 0) is 30.6 Å². The summed E-state index contributed by atoms with van der Waals surface area (Å²) in [7, 11) is 0. The molecular formula is C11H8N4O5S. The Morgan fingerprint density at radius 2 is 2.14 bits per heavy atom.